The average molecular weight is 366 g/mol. The molecule has 1 saturated heterocycles. The van der Waals surface area contributed by atoms with Crippen molar-refractivity contribution < 1.29 is 18.3 Å². The largest absolute Gasteiger partial charge is 0.391 e. The zero-order chi connectivity index (χ0) is 17.5. The molecule has 0 unspecified atom stereocenters. The number of carbonyl (C=O) groups is 1. The lowest BCUT2D eigenvalue weighted by Crippen LogP contribution is -2.20. The second kappa shape index (κ2) is 6.27. The summed E-state index contributed by atoms with van der Waals surface area (Å²) < 4.78 is 23.3. The van der Waals surface area contributed by atoms with Crippen molar-refractivity contribution in [3.05, 3.63) is 40.9 Å². The zero-order valence-electron chi connectivity index (χ0n) is 13.3. The number of nitrogens with zero attached hydrogens (tertiary/aromatic N) is 2. The van der Waals surface area contributed by atoms with E-state index < -0.39 is 9.84 Å². The van der Waals surface area contributed by atoms with Crippen LogP contribution in [0.1, 0.15) is 22.2 Å². The van der Waals surface area contributed by atoms with Crippen LogP contribution in [0.25, 0.3) is 0 Å². The van der Waals surface area contributed by atoms with E-state index in [9.17, 15) is 18.3 Å². The van der Waals surface area contributed by atoms with Crippen LogP contribution in [-0.4, -0.2) is 49.7 Å². The van der Waals surface area contributed by atoms with Gasteiger partial charge in [-0.1, -0.05) is 30.4 Å². The van der Waals surface area contributed by atoms with Crippen LogP contribution in [0.15, 0.2) is 35.4 Å². The molecule has 24 heavy (non-hydrogen) atoms. The summed E-state index contributed by atoms with van der Waals surface area (Å²) in [6.45, 7) is 3.18. The molecule has 6 nitrogen and oxygen atoms in total. The second-order valence-corrected chi connectivity index (χ2v) is 9.11. The molecule has 0 aliphatic carbocycles. The first-order valence-electron chi connectivity index (χ1n) is 7.49. The van der Waals surface area contributed by atoms with Gasteiger partial charge in [0.15, 0.2) is 15.0 Å². The van der Waals surface area contributed by atoms with Crippen LogP contribution in [0.5, 0.6) is 0 Å². The molecule has 0 saturated carbocycles. The van der Waals surface area contributed by atoms with E-state index in [4.69, 9.17) is 0 Å². The summed E-state index contributed by atoms with van der Waals surface area (Å²) in [5.74, 6) is -0.0865. The first kappa shape index (κ1) is 17.1. The number of anilines is 1. The molecule has 3 rings (SSSR count). The smallest absolute Gasteiger partial charge is 0.204 e. The molecular weight excluding hydrogens is 348 g/mol. The molecule has 1 aliphatic rings. The van der Waals surface area contributed by atoms with E-state index in [0.29, 0.717) is 28.7 Å². The number of hydrogen-bond acceptors (Lipinski definition) is 7. The van der Waals surface area contributed by atoms with Gasteiger partial charge in [0.1, 0.15) is 0 Å². The third kappa shape index (κ3) is 3.35. The Bertz CT molecular complexity index is 866. The predicted molar refractivity (Wildman–Crippen MR) is 92.5 cm³/mol. The van der Waals surface area contributed by atoms with Crippen molar-refractivity contribution in [2.75, 3.05) is 24.2 Å². The van der Waals surface area contributed by atoms with Gasteiger partial charge < -0.3 is 10.0 Å². The van der Waals surface area contributed by atoms with Crippen molar-refractivity contribution in [3.63, 3.8) is 0 Å². The van der Waals surface area contributed by atoms with Gasteiger partial charge in [-0.25, -0.2) is 13.4 Å². The average Bonchev–Trinajstić information content (AvgIpc) is 3.13. The molecule has 8 heteroatoms. The first-order chi connectivity index (χ1) is 11.3. The summed E-state index contributed by atoms with van der Waals surface area (Å²) in [7, 11) is -3.36. The highest BCUT2D eigenvalue weighted by molar-refractivity contribution is 7.90. The van der Waals surface area contributed by atoms with Crippen LogP contribution in [0.4, 0.5) is 5.13 Å². The number of β-amino-alcohol motifs (C(OH)–C–C–N with tert-alkyl or cyclic N) is 1. The maximum absolute atomic E-state index is 12.6. The summed E-state index contributed by atoms with van der Waals surface area (Å²) in [5, 5.41) is 10.5. The Morgan fingerprint density at radius 1 is 1.38 bits per heavy atom. The van der Waals surface area contributed by atoms with E-state index >= 15 is 0 Å². The lowest BCUT2D eigenvalue weighted by atomic mass is 10.1. The molecule has 1 aromatic carbocycles. The Morgan fingerprint density at radius 2 is 2.12 bits per heavy atom. The molecular formula is C16H18N2O4S2. The van der Waals surface area contributed by atoms with Gasteiger partial charge in [0, 0.05) is 30.8 Å². The summed E-state index contributed by atoms with van der Waals surface area (Å²) in [6, 6.07) is 6.01. The van der Waals surface area contributed by atoms with Gasteiger partial charge in [-0.2, -0.15) is 0 Å². The van der Waals surface area contributed by atoms with E-state index in [1.807, 2.05) is 11.8 Å². The van der Waals surface area contributed by atoms with Crippen LogP contribution in [0, 0.1) is 5.92 Å². The number of thiazole rings is 1. The van der Waals surface area contributed by atoms with E-state index in [2.05, 4.69) is 4.98 Å². The molecule has 1 N–H and O–H groups in total. The molecule has 0 amide bonds. The number of sulfone groups is 1. The summed E-state index contributed by atoms with van der Waals surface area (Å²) >= 11 is 1.26. The van der Waals surface area contributed by atoms with Crippen LogP contribution in [0.3, 0.4) is 0 Å². The minimum atomic E-state index is -3.36. The molecule has 2 heterocycles. The number of benzene rings is 1. The Morgan fingerprint density at radius 3 is 2.75 bits per heavy atom. The quantitative estimate of drug-likeness (QED) is 0.827. The van der Waals surface area contributed by atoms with E-state index in [0.717, 1.165) is 6.26 Å². The summed E-state index contributed by atoms with van der Waals surface area (Å²) in [5.41, 5.74) is 0.322. The van der Waals surface area contributed by atoms with Crippen molar-refractivity contribution in [3.8, 4) is 0 Å². The standard InChI is InChI=1S/C16H18N2O4S2/c1-10-8-18(9-13(10)19)16-17-7-14(23-16)15(20)11-4-3-5-12(6-11)24(2,21)22/h3-7,10,13,19H,8-9H2,1-2H3/t10-,13+/m1/s1. The van der Waals surface area contributed by atoms with Crippen LogP contribution in [0.2, 0.25) is 0 Å². The molecule has 1 aliphatic heterocycles. The third-order valence-electron chi connectivity index (χ3n) is 4.08. The molecule has 1 aromatic heterocycles. The van der Waals surface area contributed by atoms with Crippen LogP contribution in [-0.2, 0) is 9.84 Å². The van der Waals surface area contributed by atoms with Gasteiger partial charge in [-0.3, -0.25) is 4.79 Å². The second-order valence-electron chi connectivity index (χ2n) is 6.09. The van der Waals surface area contributed by atoms with E-state index in [1.54, 1.807) is 12.1 Å². The third-order valence-corrected chi connectivity index (χ3v) is 6.25. The normalized spacial score (nSPS) is 21.2. The number of aliphatic hydroxyl groups is 1. The number of aliphatic hydroxyl groups excluding tert-OH is 1. The first-order valence-corrected chi connectivity index (χ1v) is 10.2. The van der Waals surface area contributed by atoms with Crippen molar-refractivity contribution >= 4 is 32.1 Å². The predicted octanol–water partition coefficient (Wildman–Crippen LogP) is 1.59. The number of hydrogen-bond donors (Lipinski definition) is 1. The van der Waals surface area contributed by atoms with Crippen molar-refractivity contribution in [1.29, 1.82) is 0 Å². The van der Waals surface area contributed by atoms with E-state index in [-0.39, 0.29) is 22.7 Å². The SMILES string of the molecule is C[C@@H]1CN(c2ncc(C(=O)c3cccc(S(C)(=O)=O)c3)s2)C[C@@H]1O. The topological polar surface area (TPSA) is 87.6 Å². The number of aromatic nitrogens is 1. The Balaban J connectivity index is 1.84. The van der Waals surface area contributed by atoms with Crippen molar-refractivity contribution in [2.24, 2.45) is 5.92 Å². The van der Waals surface area contributed by atoms with Gasteiger partial charge in [-0.15, -0.1) is 0 Å². The molecule has 128 valence electrons. The fraction of sp³-hybridized carbons (Fsp3) is 0.375. The minimum absolute atomic E-state index is 0.120. The van der Waals surface area contributed by atoms with Gasteiger partial charge in [-0.05, 0) is 12.1 Å². The van der Waals surface area contributed by atoms with E-state index in [1.165, 1.54) is 29.7 Å². The monoisotopic (exact) mass is 366 g/mol. The molecule has 0 radical (unpaired) electrons. The molecule has 2 aromatic rings. The molecule has 2 atom stereocenters. The van der Waals surface area contributed by atoms with Gasteiger partial charge >= 0.3 is 0 Å². The zero-order valence-corrected chi connectivity index (χ0v) is 15.0. The molecule has 0 spiro atoms. The number of carbonyl (C=O) groups excluding carboxylic acids is 1. The summed E-state index contributed by atoms with van der Waals surface area (Å²) in [6.07, 6.45) is 2.23. The Kier molecular flexibility index (Phi) is 4.46. The van der Waals surface area contributed by atoms with Gasteiger partial charge in [0.2, 0.25) is 5.78 Å². The number of ketones is 1. The lowest BCUT2D eigenvalue weighted by molar-refractivity contribution is 0.104. The summed E-state index contributed by atoms with van der Waals surface area (Å²) in [4.78, 5) is 19.4. The van der Waals surface area contributed by atoms with Gasteiger partial charge in [0.25, 0.3) is 0 Å². The highest BCUT2D eigenvalue weighted by Gasteiger charge is 2.30. The number of rotatable bonds is 4. The van der Waals surface area contributed by atoms with Gasteiger partial charge in [0.05, 0.1) is 22.1 Å². The fourth-order valence-corrected chi connectivity index (χ4v) is 4.20. The van der Waals surface area contributed by atoms with Crippen LogP contribution < -0.4 is 4.90 Å². The maximum atomic E-state index is 12.6. The highest BCUT2D eigenvalue weighted by atomic mass is 32.2. The Hall–Kier alpha value is -1.77. The maximum Gasteiger partial charge on any atom is 0.204 e. The van der Waals surface area contributed by atoms with Crippen molar-refractivity contribution in [1.82, 2.24) is 4.98 Å². The fourth-order valence-electron chi connectivity index (χ4n) is 2.63. The Labute approximate surface area is 144 Å². The lowest BCUT2D eigenvalue weighted by Gasteiger charge is -2.12. The van der Waals surface area contributed by atoms with Crippen molar-refractivity contribution in [2.45, 2.75) is 17.9 Å². The highest BCUT2D eigenvalue weighted by Crippen LogP contribution is 2.29. The van der Waals surface area contributed by atoms with Crippen LogP contribution >= 0.6 is 11.3 Å². The molecule has 0 bridgehead atoms. The minimum Gasteiger partial charge on any atom is -0.391 e. The molecule has 1 fully saturated rings.